The van der Waals surface area contributed by atoms with Crippen LogP contribution in [0.1, 0.15) is 46.7 Å². The molecule has 1 aromatic heterocycles. The molecule has 1 unspecified atom stereocenters. The van der Waals surface area contributed by atoms with Crippen molar-refractivity contribution in [3.63, 3.8) is 0 Å². The van der Waals surface area contributed by atoms with Crippen LogP contribution in [0.4, 0.5) is 5.82 Å². The SMILES string of the molecule is CC(C)CC(C)N(C)c1cnc(CNC(C)C)cn1. The summed E-state index contributed by atoms with van der Waals surface area (Å²) in [5.41, 5.74) is 0.988. The van der Waals surface area contributed by atoms with Gasteiger partial charge in [-0.05, 0) is 19.3 Å². The van der Waals surface area contributed by atoms with Gasteiger partial charge in [-0.15, -0.1) is 0 Å². The fraction of sp³-hybridized carbons (Fsp3) is 0.733. The second kappa shape index (κ2) is 7.43. The molecule has 1 heterocycles. The Hall–Kier alpha value is -1.16. The molecule has 19 heavy (non-hydrogen) atoms. The zero-order valence-electron chi connectivity index (χ0n) is 13.1. The molecule has 0 aliphatic carbocycles. The summed E-state index contributed by atoms with van der Waals surface area (Å²) < 4.78 is 0. The topological polar surface area (TPSA) is 41.1 Å². The molecular weight excluding hydrogens is 236 g/mol. The maximum Gasteiger partial charge on any atom is 0.147 e. The van der Waals surface area contributed by atoms with Crippen molar-refractivity contribution in [2.45, 2.75) is 59.7 Å². The normalized spacial score (nSPS) is 13.1. The van der Waals surface area contributed by atoms with E-state index in [1.165, 1.54) is 0 Å². The first kappa shape index (κ1) is 15.9. The van der Waals surface area contributed by atoms with E-state index in [9.17, 15) is 0 Å². The van der Waals surface area contributed by atoms with Crippen LogP contribution in [0.5, 0.6) is 0 Å². The Morgan fingerprint density at radius 1 is 1.11 bits per heavy atom. The lowest BCUT2D eigenvalue weighted by molar-refractivity contribution is 0.501. The van der Waals surface area contributed by atoms with Gasteiger partial charge in [-0.2, -0.15) is 0 Å². The average molecular weight is 264 g/mol. The molecule has 1 rings (SSSR count). The van der Waals surface area contributed by atoms with E-state index in [1.807, 2.05) is 12.4 Å². The van der Waals surface area contributed by atoms with Crippen LogP contribution in [0.2, 0.25) is 0 Å². The van der Waals surface area contributed by atoms with E-state index in [0.717, 1.165) is 24.5 Å². The van der Waals surface area contributed by atoms with Crippen molar-refractivity contribution in [2.24, 2.45) is 5.92 Å². The van der Waals surface area contributed by atoms with Crippen molar-refractivity contribution in [3.8, 4) is 0 Å². The minimum absolute atomic E-state index is 0.468. The number of hydrogen-bond donors (Lipinski definition) is 1. The summed E-state index contributed by atoms with van der Waals surface area (Å²) in [5.74, 6) is 1.64. The van der Waals surface area contributed by atoms with Gasteiger partial charge in [0.1, 0.15) is 5.82 Å². The first-order valence-corrected chi connectivity index (χ1v) is 7.17. The van der Waals surface area contributed by atoms with E-state index >= 15 is 0 Å². The smallest absolute Gasteiger partial charge is 0.147 e. The average Bonchev–Trinajstić information content (AvgIpc) is 2.35. The third-order valence-electron chi connectivity index (χ3n) is 3.22. The molecule has 4 nitrogen and oxygen atoms in total. The Labute approximate surface area is 117 Å². The minimum atomic E-state index is 0.468. The van der Waals surface area contributed by atoms with Crippen LogP contribution < -0.4 is 10.2 Å². The van der Waals surface area contributed by atoms with Gasteiger partial charge in [0.15, 0.2) is 0 Å². The Balaban J connectivity index is 2.59. The van der Waals surface area contributed by atoms with Crippen LogP contribution in [0.3, 0.4) is 0 Å². The van der Waals surface area contributed by atoms with Crippen molar-refractivity contribution in [2.75, 3.05) is 11.9 Å². The lowest BCUT2D eigenvalue weighted by Gasteiger charge is -2.27. The Morgan fingerprint density at radius 2 is 1.79 bits per heavy atom. The van der Waals surface area contributed by atoms with E-state index in [4.69, 9.17) is 0 Å². The second-order valence-corrected chi connectivity index (χ2v) is 5.99. The van der Waals surface area contributed by atoms with Crippen LogP contribution in [-0.4, -0.2) is 29.1 Å². The zero-order chi connectivity index (χ0) is 14.4. The van der Waals surface area contributed by atoms with Crippen molar-refractivity contribution >= 4 is 5.82 Å². The lowest BCUT2D eigenvalue weighted by Crippen LogP contribution is -2.31. The van der Waals surface area contributed by atoms with Gasteiger partial charge in [0.25, 0.3) is 0 Å². The van der Waals surface area contributed by atoms with Gasteiger partial charge in [0.05, 0.1) is 18.1 Å². The molecule has 0 radical (unpaired) electrons. The van der Waals surface area contributed by atoms with Gasteiger partial charge >= 0.3 is 0 Å². The van der Waals surface area contributed by atoms with Gasteiger partial charge in [-0.3, -0.25) is 4.98 Å². The van der Waals surface area contributed by atoms with Crippen LogP contribution in [0.15, 0.2) is 12.4 Å². The summed E-state index contributed by atoms with van der Waals surface area (Å²) in [6.07, 6.45) is 4.90. The lowest BCUT2D eigenvalue weighted by atomic mass is 10.0. The van der Waals surface area contributed by atoms with Gasteiger partial charge in [-0.1, -0.05) is 27.7 Å². The van der Waals surface area contributed by atoms with Crippen LogP contribution in [0.25, 0.3) is 0 Å². The van der Waals surface area contributed by atoms with Crippen molar-refractivity contribution in [1.29, 1.82) is 0 Å². The van der Waals surface area contributed by atoms with Crippen molar-refractivity contribution in [3.05, 3.63) is 18.1 Å². The molecule has 0 aliphatic rings. The van der Waals surface area contributed by atoms with E-state index < -0.39 is 0 Å². The molecule has 108 valence electrons. The number of nitrogens with zero attached hydrogens (tertiary/aromatic N) is 3. The monoisotopic (exact) mass is 264 g/mol. The van der Waals surface area contributed by atoms with Gasteiger partial charge in [-0.25, -0.2) is 4.98 Å². The maximum absolute atomic E-state index is 4.51. The Kier molecular flexibility index (Phi) is 6.22. The fourth-order valence-corrected chi connectivity index (χ4v) is 2.00. The van der Waals surface area contributed by atoms with Crippen LogP contribution >= 0.6 is 0 Å². The number of nitrogens with one attached hydrogen (secondary N) is 1. The van der Waals surface area contributed by atoms with E-state index in [2.05, 4.69) is 61.9 Å². The first-order chi connectivity index (χ1) is 8.90. The molecule has 1 N–H and O–H groups in total. The molecule has 0 saturated heterocycles. The highest BCUT2D eigenvalue weighted by atomic mass is 15.2. The third-order valence-corrected chi connectivity index (χ3v) is 3.22. The highest BCUT2D eigenvalue weighted by Crippen LogP contribution is 2.15. The molecule has 0 saturated carbocycles. The Bertz CT molecular complexity index is 359. The highest BCUT2D eigenvalue weighted by Gasteiger charge is 2.13. The first-order valence-electron chi connectivity index (χ1n) is 7.17. The molecular formula is C15H28N4. The number of aromatic nitrogens is 2. The fourth-order valence-electron chi connectivity index (χ4n) is 2.00. The summed E-state index contributed by atoms with van der Waals surface area (Å²) in [5, 5.41) is 3.34. The van der Waals surface area contributed by atoms with Gasteiger partial charge in [0, 0.05) is 25.7 Å². The van der Waals surface area contributed by atoms with Gasteiger partial charge in [0.2, 0.25) is 0 Å². The third kappa shape index (κ3) is 5.55. The number of rotatable bonds is 7. The quantitative estimate of drug-likeness (QED) is 0.822. The minimum Gasteiger partial charge on any atom is -0.356 e. The summed E-state index contributed by atoms with van der Waals surface area (Å²) in [6.45, 7) is 11.8. The van der Waals surface area contributed by atoms with Crippen LogP contribution in [-0.2, 0) is 6.54 Å². The Morgan fingerprint density at radius 3 is 2.26 bits per heavy atom. The highest BCUT2D eigenvalue weighted by molar-refractivity contribution is 5.35. The van der Waals surface area contributed by atoms with Crippen molar-refractivity contribution < 1.29 is 0 Å². The maximum atomic E-state index is 4.51. The predicted molar refractivity (Wildman–Crippen MR) is 81.3 cm³/mol. The number of hydrogen-bond acceptors (Lipinski definition) is 4. The molecule has 0 aromatic carbocycles. The largest absolute Gasteiger partial charge is 0.356 e. The summed E-state index contributed by atoms with van der Waals surface area (Å²) in [4.78, 5) is 11.2. The van der Waals surface area contributed by atoms with Crippen molar-refractivity contribution in [1.82, 2.24) is 15.3 Å². The second-order valence-electron chi connectivity index (χ2n) is 5.99. The molecule has 0 aliphatic heterocycles. The standard InChI is InChI=1S/C15H28N4/c1-11(2)7-13(5)19(6)15-10-17-14(9-18-15)8-16-12(3)4/h9-13,16H,7-8H2,1-6H3. The summed E-state index contributed by atoms with van der Waals surface area (Å²) in [6, 6.07) is 0.948. The molecule has 1 atom stereocenters. The predicted octanol–water partition coefficient (Wildman–Crippen LogP) is 2.85. The molecule has 0 spiro atoms. The van der Waals surface area contributed by atoms with Gasteiger partial charge < -0.3 is 10.2 Å². The summed E-state index contributed by atoms with van der Waals surface area (Å²) in [7, 11) is 2.09. The zero-order valence-corrected chi connectivity index (χ0v) is 13.1. The number of anilines is 1. The van der Waals surface area contributed by atoms with E-state index in [-0.39, 0.29) is 0 Å². The molecule has 0 fully saturated rings. The molecule has 0 bridgehead atoms. The summed E-state index contributed by atoms with van der Waals surface area (Å²) >= 11 is 0. The molecule has 0 amide bonds. The molecule has 1 aromatic rings. The van der Waals surface area contributed by atoms with Crippen LogP contribution in [0, 0.1) is 5.92 Å². The molecule has 4 heteroatoms. The van der Waals surface area contributed by atoms with E-state index in [1.54, 1.807) is 0 Å². The van der Waals surface area contributed by atoms with E-state index in [0.29, 0.717) is 18.0 Å².